The Kier molecular flexibility index (Phi) is 2.30. The number of benzene rings is 1. The van der Waals surface area contributed by atoms with Gasteiger partial charge in [0, 0.05) is 41.0 Å². The molecule has 1 N–H and O–H groups in total. The quantitative estimate of drug-likeness (QED) is 0.909. The normalized spacial score (nSPS) is 36.2. The van der Waals surface area contributed by atoms with Gasteiger partial charge in [-0.05, 0) is 49.8 Å². The maximum Gasteiger partial charge on any atom is 0.161 e. The van der Waals surface area contributed by atoms with Crippen LogP contribution in [0.2, 0.25) is 0 Å². The molecule has 5 nitrogen and oxygen atoms in total. The second-order valence-electron chi connectivity index (χ2n) is 6.21. The molecule has 132 valence electrons. The zero-order chi connectivity index (χ0) is 26.1. The molecule has 0 aromatic heterocycles. The van der Waals surface area contributed by atoms with E-state index < -0.39 is 50.1 Å². The van der Waals surface area contributed by atoms with Crippen LogP contribution in [-0.2, 0) is 11.2 Å². The third-order valence-electron chi connectivity index (χ3n) is 4.33. The Balaban J connectivity index is 2.05. The average molecular weight is 343 g/mol. The molecule has 0 spiro atoms. The number of carbonyl (C=O) groups excluding carboxylic acids is 1. The monoisotopic (exact) mass is 343 g/mol. The summed E-state index contributed by atoms with van der Waals surface area (Å²) in [7, 11) is -1.42. The van der Waals surface area contributed by atoms with E-state index in [0.717, 1.165) is 6.92 Å². The molecule has 5 heteroatoms. The van der Waals surface area contributed by atoms with Crippen LogP contribution in [0.1, 0.15) is 57.4 Å². The molecule has 0 bridgehead atoms. The van der Waals surface area contributed by atoms with E-state index >= 15 is 0 Å². The highest BCUT2D eigenvalue weighted by atomic mass is 16.5. The van der Waals surface area contributed by atoms with Crippen molar-refractivity contribution in [1.29, 1.82) is 0 Å². The van der Waals surface area contributed by atoms with Gasteiger partial charge in [-0.25, -0.2) is 0 Å². The highest BCUT2D eigenvalue weighted by molar-refractivity contribution is 5.83. The van der Waals surface area contributed by atoms with Crippen LogP contribution in [0.4, 0.5) is 0 Å². The summed E-state index contributed by atoms with van der Waals surface area (Å²) < 4.78 is 89.0. The lowest BCUT2D eigenvalue weighted by atomic mass is 9.79. The fourth-order valence-corrected chi connectivity index (χ4v) is 3.26. The SMILES string of the molecule is [2H]C([2H])([2H])Oc1cc2c(cc1OC)[C@@H]1CC(=O)[C@@H](C([2H])([2H])C(C)(O)C([2H])([2H])[2H])C([2H])([2H])N1CC2. The van der Waals surface area contributed by atoms with E-state index in [9.17, 15) is 9.90 Å². The van der Waals surface area contributed by atoms with E-state index in [0.29, 0.717) is 11.1 Å². The largest absolute Gasteiger partial charge is 0.493 e. The molecule has 3 atom stereocenters. The summed E-state index contributed by atoms with van der Waals surface area (Å²) in [5.41, 5.74) is -1.86. The first-order chi connectivity index (χ1) is 15.3. The number of hydrogen-bond acceptors (Lipinski definition) is 5. The van der Waals surface area contributed by atoms with Gasteiger partial charge in [0.05, 0.1) is 23.9 Å². The number of ether oxygens (including phenoxy) is 2. The second-order valence-corrected chi connectivity index (χ2v) is 6.21. The first-order valence-corrected chi connectivity index (χ1v) is 7.67. The Morgan fingerprint density at radius 3 is 3.00 bits per heavy atom. The van der Waals surface area contributed by atoms with Crippen molar-refractivity contribution in [1.82, 2.24) is 4.90 Å². The Labute approximate surface area is 157 Å². The summed E-state index contributed by atoms with van der Waals surface area (Å²) in [6.07, 6.45) is -3.22. The molecule has 1 unspecified atom stereocenters. The molecular formula is C19H27NO4. The van der Waals surface area contributed by atoms with Gasteiger partial charge < -0.3 is 14.6 Å². The van der Waals surface area contributed by atoms with Crippen molar-refractivity contribution < 1.29 is 33.1 Å². The number of nitrogens with zero attached hydrogens (tertiary/aromatic N) is 1. The van der Waals surface area contributed by atoms with Gasteiger partial charge in [0.2, 0.25) is 0 Å². The Bertz CT molecular complexity index is 973. The fourth-order valence-electron chi connectivity index (χ4n) is 3.26. The number of fused-ring (bicyclic) bond motifs is 3. The number of methoxy groups -OCH3 is 2. The second kappa shape index (κ2) is 6.37. The van der Waals surface area contributed by atoms with Crippen molar-refractivity contribution in [3.8, 4) is 11.5 Å². The molecule has 2 heterocycles. The zero-order valence-electron chi connectivity index (χ0n) is 23.5. The summed E-state index contributed by atoms with van der Waals surface area (Å²) in [5, 5.41) is 10.6. The molecule has 0 saturated carbocycles. The zero-order valence-corrected chi connectivity index (χ0v) is 13.5. The molecule has 1 aromatic carbocycles. The highest BCUT2D eigenvalue weighted by Gasteiger charge is 2.40. The maximum absolute atomic E-state index is 13.2. The number of piperidine rings is 1. The van der Waals surface area contributed by atoms with E-state index in [2.05, 4.69) is 0 Å². The summed E-state index contributed by atoms with van der Waals surface area (Å²) >= 11 is 0. The molecule has 1 saturated heterocycles. The van der Waals surface area contributed by atoms with Gasteiger partial charge >= 0.3 is 0 Å². The van der Waals surface area contributed by atoms with Gasteiger partial charge in [-0.15, -0.1) is 0 Å². The smallest absolute Gasteiger partial charge is 0.161 e. The van der Waals surface area contributed by atoms with E-state index in [1.54, 1.807) is 0 Å². The van der Waals surface area contributed by atoms with E-state index in [4.69, 9.17) is 23.2 Å². The van der Waals surface area contributed by atoms with Crippen LogP contribution in [0.5, 0.6) is 11.5 Å². The van der Waals surface area contributed by atoms with Gasteiger partial charge in [-0.1, -0.05) is 0 Å². The molecular weight excluding hydrogens is 306 g/mol. The Morgan fingerprint density at radius 2 is 2.29 bits per heavy atom. The molecule has 0 radical (unpaired) electrons. The van der Waals surface area contributed by atoms with Crippen LogP contribution in [0.15, 0.2) is 12.1 Å². The van der Waals surface area contributed by atoms with Gasteiger partial charge in [-0.2, -0.15) is 0 Å². The van der Waals surface area contributed by atoms with Crippen molar-refractivity contribution in [2.75, 3.05) is 27.2 Å². The molecule has 0 aliphatic carbocycles. The van der Waals surface area contributed by atoms with Gasteiger partial charge in [0.1, 0.15) is 5.78 Å². The van der Waals surface area contributed by atoms with Crippen molar-refractivity contribution in [3.63, 3.8) is 0 Å². The van der Waals surface area contributed by atoms with Crippen LogP contribution in [0.3, 0.4) is 0 Å². The summed E-state index contributed by atoms with van der Waals surface area (Å²) in [5.74, 6) is -2.88. The maximum atomic E-state index is 13.2. The number of Topliss-reactive ketones (excluding diaryl/α,β-unsaturated/α-hetero) is 1. The van der Waals surface area contributed by atoms with Gasteiger partial charge in [0.15, 0.2) is 11.5 Å². The van der Waals surface area contributed by atoms with Crippen molar-refractivity contribution in [2.45, 2.75) is 44.6 Å². The predicted molar refractivity (Wildman–Crippen MR) is 91.6 cm³/mol. The third-order valence-corrected chi connectivity index (χ3v) is 4.33. The van der Waals surface area contributed by atoms with Crippen molar-refractivity contribution >= 4 is 5.78 Å². The molecule has 1 fully saturated rings. The van der Waals surface area contributed by atoms with Gasteiger partial charge in [0.25, 0.3) is 0 Å². The van der Waals surface area contributed by atoms with Crippen LogP contribution in [0.25, 0.3) is 0 Å². The van der Waals surface area contributed by atoms with Crippen molar-refractivity contribution in [2.24, 2.45) is 5.92 Å². The van der Waals surface area contributed by atoms with Crippen LogP contribution < -0.4 is 9.47 Å². The lowest BCUT2D eigenvalue weighted by Crippen LogP contribution is -2.47. The van der Waals surface area contributed by atoms with E-state index in [1.807, 2.05) is 0 Å². The fraction of sp³-hybridized carbons (Fsp3) is 0.632. The lowest BCUT2D eigenvalue weighted by molar-refractivity contribution is -0.131. The molecule has 2 aliphatic rings. The summed E-state index contributed by atoms with van der Waals surface area (Å²) in [4.78, 5) is 14.5. The minimum absolute atomic E-state index is 0.0252. The third kappa shape index (κ3) is 3.28. The van der Waals surface area contributed by atoms with Crippen LogP contribution in [0, 0.1) is 5.92 Å². The standard InChI is InChI=1S/C19H27NO4/c1-19(2,22)10-13-11-20-6-5-12-7-17(23-3)18(24-4)8-14(12)15(20)9-16(13)21/h7-8,13,15,22H,5-6,9-11H2,1-4H3/t13-,15-/m0/s1/i1D3,3D3,10D2,11D2/t13-,15-,19?. The summed E-state index contributed by atoms with van der Waals surface area (Å²) in [6, 6.07) is 2.12. The topological polar surface area (TPSA) is 59.0 Å². The average Bonchev–Trinajstić information content (AvgIpc) is 2.64. The first kappa shape index (κ1) is 8.68. The minimum atomic E-state index is -3.20. The molecule has 24 heavy (non-hydrogen) atoms. The molecule has 3 rings (SSSR count). The Morgan fingerprint density at radius 1 is 1.50 bits per heavy atom. The van der Waals surface area contributed by atoms with Crippen LogP contribution >= 0.6 is 0 Å². The molecule has 0 amide bonds. The molecule has 2 aliphatic heterocycles. The van der Waals surface area contributed by atoms with Gasteiger partial charge in [-0.3, -0.25) is 9.69 Å². The number of ketones is 1. The highest BCUT2D eigenvalue weighted by Crippen LogP contribution is 2.42. The number of rotatable bonds is 4. The lowest BCUT2D eigenvalue weighted by Gasteiger charge is -2.44. The van der Waals surface area contributed by atoms with Crippen LogP contribution in [-0.4, -0.2) is 48.6 Å². The minimum Gasteiger partial charge on any atom is -0.493 e. The molecule has 1 aromatic rings. The summed E-state index contributed by atoms with van der Waals surface area (Å²) in [6.45, 7) is -5.04. The predicted octanol–water partition coefficient (Wildman–Crippen LogP) is 2.35. The first-order valence-electron chi connectivity index (χ1n) is 12.7. The number of hydrogen-bond donors (Lipinski definition) is 1. The number of aliphatic hydroxyl groups is 1. The number of carbonyl (C=O) groups is 1. The van der Waals surface area contributed by atoms with Crippen molar-refractivity contribution in [3.05, 3.63) is 23.3 Å². The Hall–Kier alpha value is -1.59. The van der Waals surface area contributed by atoms with E-state index in [-0.39, 0.29) is 30.9 Å². The van der Waals surface area contributed by atoms with E-state index in [1.165, 1.54) is 24.1 Å².